The van der Waals surface area contributed by atoms with E-state index in [1.54, 1.807) is 5.57 Å². The molecule has 0 amide bonds. The highest BCUT2D eigenvalue weighted by Gasteiger charge is 2.43. The standard InChI is InChI=1S/C13H19N/c1-2-4-12-11(3-1)5-6-13(12)7-9-14-10-8-13/h1-2,4,11,14H,3,5-10H2. The first-order chi connectivity index (χ1) is 6.91. The Balaban J connectivity index is 1.92. The van der Waals surface area contributed by atoms with Crippen LogP contribution in [0, 0.1) is 11.3 Å². The van der Waals surface area contributed by atoms with Crippen molar-refractivity contribution in [3.05, 3.63) is 23.8 Å². The first kappa shape index (κ1) is 8.72. The van der Waals surface area contributed by atoms with Crippen LogP contribution in [0.5, 0.6) is 0 Å². The third-order valence-corrected chi connectivity index (χ3v) is 4.42. The molecule has 1 aliphatic heterocycles. The first-order valence-electron chi connectivity index (χ1n) is 5.99. The molecule has 3 rings (SSSR count). The number of fused-ring (bicyclic) bond motifs is 2. The number of piperidine rings is 1. The molecular formula is C13H19N. The van der Waals surface area contributed by atoms with E-state index in [4.69, 9.17) is 0 Å². The van der Waals surface area contributed by atoms with E-state index >= 15 is 0 Å². The third kappa shape index (κ3) is 1.18. The summed E-state index contributed by atoms with van der Waals surface area (Å²) in [5.41, 5.74) is 2.40. The SMILES string of the molecule is C1=CCC2CCC3(CCNCC3)C2=C1. The number of hydrogen-bond donors (Lipinski definition) is 1. The summed E-state index contributed by atoms with van der Waals surface area (Å²) in [4.78, 5) is 0. The fourth-order valence-corrected chi connectivity index (χ4v) is 3.60. The van der Waals surface area contributed by atoms with E-state index in [2.05, 4.69) is 23.5 Å². The Morgan fingerprint density at radius 1 is 1.21 bits per heavy atom. The van der Waals surface area contributed by atoms with Crippen molar-refractivity contribution in [2.45, 2.75) is 32.1 Å². The molecule has 0 radical (unpaired) electrons. The first-order valence-corrected chi connectivity index (χ1v) is 5.99. The largest absolute Gasteiger partial charge is 0.317 e. The smallest absolute Gasteiger partial charge is 0.00405 e. The molecule has 1 unspecified atom stereocenters. The maximum atomic E-state index is 3.49. The third-order valence-electron chi connectivity index (χ3n) is 4.42. The van der Waals surface area contributed by atoms with Crippen LogP contribution >= 0.6 is 0 Å². The van der Waals surface area contributed by atoms with E-state index in [0.29, 0.717) is 5.41 Å². The second-order valence-corrected chi connectivity index (χ2v) is 5.05. The predicted octanol–water partition coefficient (Wildman–Crippen LogP) is 2.65. The quantitative estimate of drug-likeness (QED) is 0.617. The molecule has 0 aromatic carbocycles. The van der Waals surface area contributed by atoms with Crippen molar-refractivity contribution >= 4 is 0 Å². The molecule has 0 aromatic rings. The highest BCUT2D eigenvalue weighted by molar-refractivity contribution is 5.31. The molecule has 14 heavy (non-hydrogen) atoms. The van der Waals surface area contributed by atoms with Crippen molar-refractivity contribution in [3.63, 3.8) is 0 Å². The van der Waals surface area contributed by atoms with Crippen molar-refractivity contribution in [3.8, 4) is 0 Å². The van der Waals surface area contributed by atoms with E-state index in [9.17, 15) is 0 Å². The summed E-state index contributed by atoms with van der Waals surface area (Å²) in [7, 11) is 0. The van der Waals surface area contributed by atoms with Gasteiger partial charge in [-0.1, -0.05) is 23.8 Å². The Bertz CT molecular complexity index is 276. The molecule has 2 aliphatic carbocycles. The van der Waals surface area contributed by atoms with Gasteiger partial charge in [-0.05, 0) is 56.5 Å². The van der Waals surface area contributed by atoms with Crippen molar-refractivity contribution in [1.29, 1.82) is 0 Å². The number of hydrogen-bond acceptors (Lipinski definition) is 1. The molecule has 1 atom stereocenters. The maximum absolute atomic E-state index is 3.49. The second-order valence-electron chi connectivity index (χ2n) is 5.05. The van der Waals surface area contributed by atoms with Crippen LogP contribution in [-0.4, -0.2) is 13.1 Å². The van der Waals surface area contributed by atoms with E-state index in [1.807, 2.05) is 0 Å². The van der Waals surface area contributed by atoms with Gasteiger partial charge in [0.2, 0.25) is 0 Å². The normalized spacial score (nSPS) is 34.3. The molecule has 3 aliphatic rings. The average Bonchev–Trinajstić information content (AvgIpc) is 2.60. The lowest BCUT2D eigenvalue weighted by Gasteiger charge is -2.37. The number of rotatable bonds is 0. The molecule has 76 valence electrons. The second kappa shape index (κ2) is 3.23. The van der Waals surface area contributed by atoms with Gasteiger partial charge in [0.25, 0.3) is 0 Å². The van der Waals surface area contributed by atoms with Gasteiger partial charge in [0.05, 0.1) is 0 Å². The van der Waals surface area contributed by atoms with Gasteiger partial charge in [0, 0.05) is 0 Å². The Morgan fingerprint density at radius 3 is 2.93 bits per heavy atom. The number of allylic oxidation sites excluding steroid dienone is 4. The molecule has 1 spiro atoms. The van der Waals surface area contributed by atoms with Crippen LogP contribution in [0.1, 0.15) is 32.1 Å². The lowest BCUT2D eigenvalue weighted by atomic mass is 9.72. The minimum Gasteiger partial charge on any atom is -0.317 e. The van der Waals surface area contributed by atoms with Gasteiger partial charge in [0.15, 0.2) is 0 Å². The highest BCUT2D eigenvalue weighted by atomic mass is 14.9. The minimum atomic E-state index is 0.612. The van der Waals surface area contributed by atoms with Crippen LogP contribution in [0.3, 0.4) is 0 Å². The molecule has 1 nitrogen and oxygen atoms in total. The summed E-state index contributed by atoms with van der Waals surface area (Å²) >= 11 is 0. The summed E-state index contributed by atoms with van der Waals surface area (Å²) in [6.45, 7) is 2.46. The predicted molar refractivity (Wildman–Crippen MR) is 59.1 cm³/mol. The highest BCUT2D eigenvalue weighted by Crippen LogP contribution is 2.53. The zero-order valence-electron chi connectivity index (χ0n) is 8.76. The Kier molecular flexibility index (Phi) is 2.01. The van der Waals surface area contributed by atoms with E-state index in [1.165, 1.54) is 45.2 Å². The monoisotopic (exact) mass is 189 g/mol. The van der Waals surface area contributed by atoms with Crippen LogP contribution in [0.25, 0.3) is 0 Å². The molecule has 1 N–H and O–H groups in total. The van der Waals surface area contributed by atoms with Gasteiger partial charge in [-0.15, -0.1) is 0 Å². The minimum absolute atomic E-state index is 0.612. The zero-order valence-corrected chi connectivity index (χ0v) is 8.76. The van der Waals surface area contributed by atoms with Gasteiger partial charge >= 0.3 is 0 Å². The Morgan fingerprint density at radius 2 is 2.07 bits per heavy atom. The van der Waals surface area contributed by atoms with Crippen LogP contribution in [0.2, 0.25) is 0 Å². The van der Waals surface area contributed by atoms with E-state index < -0.39 is 0 Å². The molecule has 2 fully saturated rings. The topological polar surface area (TPSA) is 12.0 Å². The number of nitrogens with one attached hydrogen (secondary N) is 1. The summed E-state index contributed by atoms with van der Waals surface area (Å²) in [5.74, 6) is 0.901. The summed E-state index contributed by atoms with van der Waals surface area (Å²) in [6.07, 6.45) is 14.0. The molecule has 0 bridgehead atoms. The fourth-order valence-electron chi connectivity index (χ4n) is 3.60. The summed E-state index contributed by atoms with van der Waals surface area (Å²) in [5, 5.41) is 3.49. The lowest BCUT2D eigenvalue weighted by molar-refractivity contribution is 0.260. The van der Waals surface area contributed by atoms with Crippen molar-refractivity contribution < 1.29 is 0 Å². The van der Waals surface area contributed by atoms with Gasteiger partial charge in [-0.25, -0.2) is 0 Å². The molecule has 1 saturated carbocycles. The molecule has 1 heterocycles. The van der Waals surface area contributed by atoms with E-state index in [-0.39, 0.29) is 0 Å². The molecule has 1 heteroatoms. The summed E-state index contributed by atoms with van der Waals surface area (Å²) in [6, 6.07) is 0. The van der Waals surface area contributed by atoms with Crippen LogP contribution in [0.15, 0.2) is 23.8 Å². The van der Waals surface area contributed by atoms with Crippen molar-refractivity contribution in [2.24, 2.45) is 11.3 Å². The summed E-state index contributed by atoms with van der Waals surface area (Å²) < 4.78 is 0. The van der Waals surface area contributed by atoms with Gasteiger partial charge in [-0.3, -0.25) is 0 Å². The van der Waals surface area contributed by atoms with Crippen molar-refractivity contribution in [1.82, 2.24) is 5.32 Å². The molecular weight excluding hydrogens is 170 g/mol. The van der Waals surface area contributed by atoms with E-state index in [0.717, 1.165) is 5.92 Å². The average molecular weight is 189 g/mol. The lowest BCUT2D eigenvalue weighted by Crippen LogP contribution is -2.36. The van der Waals surface area contributed by atoms with Crippen LogP contribution in [-0.2, 0) is 0 Å². The Labute approximate surface area is 86.3 Å². The zero-order chi connectivity index (χ0) is 9.43. The Hall–Kier alpha value is -0.560. The maximum Gasteiger partial charge on any atom is -0.00405 e. The van der Waals surface area contributed by atoms with Gasteiger partial charge < -0.3 is 5.32 Å². The van der Waals surface area contributed by atoms with Crippen molar-refractivity contribution in [2.75, 3.05) is 13.1 Å². The van der Waals surface area contributed by atoms with Crippen LogP contribution in [0.4, 0.5) is 0 Å². The van der Waals surface area contributed by atoms with Gasteiger partial charge in [-0.2, -0.15) is 0 Å². The van der Waals surface area contributed by atoms with Gasteiger partial charge in [0.1, 0.15) is 0 Å². The fraction of sp³-hybridized carbons (Fsp3) is 0.692. The van der Waals surface area contributed by atoms with Crippen LogP contribution < -0.4 is 5.32 Å². The molecule has 1 saturated heterocycles. The molecule has 0 aromatic heterocycles.